The van der Waals surface area contributed by atoms with Crippen molar-refractivity contribution in [3.05, 3.63) is 181 Å². The Labute approximate surface area is 305 Å². The normalized spacial score (nSPS) is 11.9. The van der Waals surface area contributed by atoms with E-state index >= 15 is 0 Å². The molecule has 3 aromatic heterocycles. The van der Waals surface area contributed by atoms with Gasteiger partial charge < -0.3 is 9.13 Å². The standard InChI is InChI=1S/C49H32N2S/c1-31-13-11-23-46(48(31)39-20-12-19-38-37-18-7-10-24-47(37)52-49(38)39)51-43-22-9-6-17-36(43)41-30-33(26-28-45(41)51)32-25-27-44-40(29-32)35-16-5-8-21-42(35)50(44)34-14-3-2-4-15-34/h2-30H,1H3. The fourth-order valence-corrected chi connectivity index (χ4v) is 9.78. The molecule has 3 heterocycles. The summed E-state index contributed by atoms with van der Waals surface area (Å²) in [5.74, 6) is 0. The third-order valence-electron chi connectivity index (χ3n) is 10.9. The van der Waals surface area contributed by atoms with Crippen molar-refractivity contribution in [1.82, 2.24) is 9.13 Å². The Morgan fingerprint density at radius 3 is 1.69 bits per heavy atom. The van der Waals surface area contributed by atoms with Gasteiger partial charge in [0, 0.05) is 58.5 Å². The monoisotopic (exact) mass is 680 g/mol. The van der Waals surface area contributed by atoms with Crippen LogP contribution in [0.25, 0.3) is 97.4 Å². The van der Waals surface area contributed by atoms with Crippen molar-refractivity contribution in [3.8, 4) is 33.6 Å². The lowest BCUT2D eigenvalue weighted by molar-refractivity contribution is 1.17. The van der Waals surface area contributed by atoms with Gasteiger partial charge in [0.25, 0.3) is 0 Å². The first-order valence-corrected chi connectivity index (χ1v) is 18.7. The lowest BCUT2D eigenvalue weighted by Crippen LogP contribution is -1.99. The van der Waals surface area contributed by atoms with Crippen molar-refractivity contribution in [1.29, 1.82) is 0 Å². The van der Waals surface area contributed by atoms with Gasteiger partial charge in [-0.05, 0) is 84.3 Å². The van der Waals surface area contributed by atoms with Gasteiger partial charge in [-0.1, -0.05) is 115 Å². The second-order valence-electron chi connectivity index (χ2n) is 13.8. The van der Waals surface area contributed by atoms with Gasteiger partial charge in [0.15, 0.2) is 0 Å². The largest absolute Gasteiger partial charge is 0.309 e. The number of nitrogens with zero attached hydrogens (tertiary/aromatic N) is 2. The Morgan fingerprint density at radius 2 is 0.962 bits per heavy atom. The third-order valence-corrected chi connectivity index (χ3v) is 12.1. The number of hydrogen-bond donors (Lipinski definition) is 0. The Bertz CT molecular complexity index is 3190. The molecule has 0 saturated carbocycles. The number of rotatable bonds is 4. The fraction of sp³-hybridized carbons (Fsp3) is 0.0204. The van der Waals surface area contributed by atoms with Gasteiger partial charge in [-0.2, -0.15) is 0 Å². The smallest absolute Gasteiger partial charge is 0.0543 e. The van der Waals surface area contributed by atoms with Crippen LogP contribution in [0.3, 0.4) is 0 Å². The summed E-state index contributed by atoms with van der Waals surface area (Å²) < 4.78 is 7.53. The number of hydrogen-bond acceptors (Lipinski definition) is 1. The van der Waals surface area contributed by atoms with Crippen molar-refractivity contribution in [2.24, 2.45) is 0 Å². The molecule has 3 heteroatoms. The van der Waals surface area contributed by atoms with E-state index in [0.29, 0.717) is 0 Å². The molecule has 2 nitrogen and oxygen atoms in total. The van der Waals surface area contributed by atoms with E-state index in [0.717, 1.165) is 0 Å². The Balaban J connectivity index is 1.13. The number of fused-ring (bicyclic) bond motifs is 9. The van der Waals surface area contributed by atoms with E-state index in [1.807, 2.05) is 11.3 Å². The number of para-hydroxylation sites is 3. The highest BCUT2D eigenvalue weighted by atomic mass is 32.1. The molecule has 52 heavy (non-hydrogen) atoms. The molecule has 244 valence electrons. The predicted molar refractivity (Wildman–Crippen MR) is 224 cm³/mol. The number of aryl methyl sites for hydroxylation is 1. The SMILES string of the molecule is Cc1cccc(-n2c3ccccc3c3cc(-c4ccc5c(c4)c4ccccc4n5-c4ccccc4)ccc32)c1-c1cccc2c1sc1ccccc12. The van der Waals surface area contributed by atoms with E-state index in [4.69, 9.17) is 0 Å². The van der Waals surface area contributed by atoms with Crippen LogP contribution < -0.4 is 0 Å². The lowest BCUT2D eigenvalue weighted by atomic mass is 9.96. The summed E-state index contributed by atoms with van der Waals surface area (Å²) in [6.07, 6.45) is 0. The van der Waals surface area contributed by atoms with Gasteiger partial charge in [0.05, 0.1) is 27.8 Å². The summed E-state index contributed by atoms with van der Waals surface area (Å²) in [6.45, 7) is 2.25. The Kier molecular flexibility index (Phi) is 6.37. The molecule has 0 unspecified atom stereocenters. The summed E-state index contributed by atoms with van der Waals surface area (Å²) in [5.41, 5.74) is 13.5. The van der Waals surface area contributed by atoms with Gasteiger partial charge >= 0.3 is 0 Å². The number of aromatic nitrogens is 2. The van der Waals surface area contributed by atoms with Crippen LogP contribution in [0, 0.1) is 6.92 Å². The van der Waals surface area contributed by atoms with Crippen molar-refractivity contribution < 1.29 is 0 Å². The maximum absolute atomic E-state index is 2.49. The van der Waals surface area contributed by atoms with Crippen molar-refractivity contribution in [2.45, 2.75) is 6.92 Å². The summed E-state index contributed by atoms with van der Waals surface area (Å²) in [7, 11) is 0. The molecule has 0 bridgehead atoms. The highest BCUT2D eigenvalue weighted by Crippen LogP contribution is 2.45. The summed E-state index contributed by atoms with van der Waals surface area (Å²) in [5, 5.41) is 7.69. The van der Waals surface area contributed by atoms with Crippen molar-refractivity contribution in [3.63, 3.8) is 0 Å². The van der Waals surface area contributed by atoms with Crippen molar-refractivity contribution >= 4 is 75.1 Å². The molecule has 0 radical (unpaired) electrons. The minimum Gasteiger partial charge on any atom is -0.309 e. The summed E-state index contributed by atoms with van der Waals surface area (Å²) >= 11 is 1.90. The second-order valence-corrected chi connectivity index (χ2v) is 14.8. The van der Waals surface area contributed by atoms with Crippen molar-refractivity contribution in [2.75, 3.05) is 0 Å². The molecular weight excluding hydrogens is 649 g/mol. The maximum atomic E-state index is 2.49. The molecule has 0 aliphatic heterocycles. The zero-order valence-corrected chi connectivity index (χ0v) is 29.4. The molecule has 0 aliphatic rings. The Hall–Kier alpha value is -6.42. The molecule has 11 aromatic rings. The fourth-order valence-electron chi connectivity index (χ4n) is 8.55. The average molecular weight is 681 g/mol. The van der Waals surface area contributed by atoms with Crippen LogP contribution in [0.5, 0.6) is 0 Å². The zero-order chi connectivity index (χ0) is 34.3. The summed E-state index contributed by atoms with van der Waals surface area (Å²) in [4.78, 5) is 0. The Morgan fingerprint density at radius 1 is 0.404 bits per heavy atom. The van der Waals surface area contributed by atoms with Crippen LogP contribution in [0.15, 0.2) is 176 Å². The summed E-state index contributed by atoms with van der Waals surface area (Å²) in [6, 6.07) is 64.6. The minimum absolute atomic E-state index is 1.18. The minimum atomic E-state index is 1.18. The molecule has 0 amide bonds. The van der Waals surface area contributed by atoms with E-state index in [1.165, 1.54) is 103 Å². The molecule has 0 aliphatic carbocycles. The molecule has 0 fully saturated rings. The van der Waals surface area contributed by atoms with E-state index in [-0.39, 0.29) is 0 Å². The van der Waals surface area contributed by atoms with Crippen LogP contribution >= 0.6 is 11.3 Å². The highest BCUT2D eigenvalue weighted by Gasteiger charge is 2.20. The maximum Gasteiger partial charge on any atom is 0.0543 e. The molecule has 0 spiro atoms. The third kappa shape index (κ3) is 4.24. The molecule has 0 saturated heterocycles. The number of thiophene rings is 1. The van der Waals surface area contributed by atoms with E-state index in [9.17, 15) is 0 Å². The molecule has 11 rings (SSSR count). The van der Waals surface area contributed by atoms with Gasteiger partial charge in [0.1, 0.15) is 0 Å². The molecular formula is C49H32N2S. The van der Waals surface area contributed by atoms with Crippen LogP contribution in [-0.2, 0) is 0 Å². The molecule has 0 N–H and O–H groups in total. The zero-order valence-electron chi connectivity index (χ0n) is 28.5. The van der Waals surface area contributed by atoms with Gasteiger partial charge in [0.2, 0.25) is 0 Å². The van der Waals surface area contributed by atoms with E-state index in [2.05, 4.69) is 192 Å². The van der Waals surface area contributed by atoms with Gasteiger partial charge in [-0.3, -0.25) is 0 Å². The quantitative estimate of drug-likeness (QED) is 0.175. The van der Waals surface area contributed by atoms with Gasteiger partial charge in [-0.25, -0.2) is 0 Å². The first kappa shape index (κ1) is 29.3. The average Bonchev–Trinajstić information content (AvgIpc) is 3.85. The predicted octanol–water partition coefficient (Wildman–Crippen LogP) is 13.9. The molecule has 0 atom stereocenters. The first-order valence-electron chi connectivity index (χ1n) is 17.9. The van der Waals surface area contributed by atoms with Crippen LogP contribution in [0.4, 0.5) is 0 Å². The molecule has 8 aromatic carbocycles. The highest BCUT2D eigenvalue weighted by molar-refractivity contribution is 7.26. The first-order chi connectivity index (χ1) is 25.7. The van der Waals surface area contributed by atoms with Gasteiger partial charge in [-0.15, -0.1) is 11.3 Å². The van der Waals surface area contributed by atoms with Crippen LogP contribution in [-0.4, -0.2) is 9.13 Å². The van der Waals surface area contributed by atoms with Crippen LogP contribution in [0.2, 0.25) is 0 Å². The second kappa shape index (κ2) is 11.3. The number of benzene rings is 8. The van der Waals surface area contributed by atoms with E-state index < -0.39 is 0 Å². The topological polar surface area (TPSA) is 9.86 Å². The lowest BCUT2D eigenvalue weighted by Gasteiger charge is -2.17. The van der Waals surface area contributed by atoms with E-state index in [1.54, 1.807) is 0 Å². The van der Waals surface area contributed by atoms with Crippen LogP contribution in [0.1, 0.15) is 5.56 Å².